The fourth-order valence-corrected chi connectivity index (χ4v) is 3.12. The fraction of sp³-hybridized carbons (Fsp3) is 0.267. The summed E-state index contributed by atoms with van der Waals surface area (Å²) in [5.74, 6) is 0.168. The number of amides is 2. The molecule has 2 aliphatic heterocycles. The minimum absolute atomic E-state index is 0.142. The smallest absolute Gasteiger partial charge is 0.257 e. The number of hydrogen-bond donors (Lipinski definition) is 2. The largest absolute Gasteiger partial charge is 0.356 e. The van der Waals surface area contributed by atoms with Crippen LogP contribution in [0.5, 0.6) is 0 Å². The van der Waals surface area contributed by atoms with Crippen molar-refractivity contribution in [1.82, 2.24) is 25.1 Å². The molecule has 0 aliphatic carbocycles. The van der Waals surface area contributed by atoms with Gasteiger partial charge in [0.15, 0.2) is 0 Å². The lowest BCUT2D eigenvalue weighted by atomic mass is 9.99. The van der Waals surface area contributed by atoms with Gasteiger partial charge in [-0.2, -0.15) is 5.10 Å². The van der Waals surface area contributed by atoms with Gasteiger partial charge in [-0.1, -0.05) is 12.6 Å². The van der Waals surface area contributed by atoms with Crippen molar-refractivity contribution in [3.8, 4) is 0 Å². The second-order valence-electron chi connectivity index (χ2n) is 5.63. The Bertz CT molecular complexity index is 861. The predicted molar refractivity (Wildman–Crippen MR) is 78.9 cm³/mol. The molecule has 2 aromatic heterocycles. The van der Waals surface area contributed by atoms with Gasteiger partial charge in [-0.05, 0) is 18.5 Å². The minimum atomic E-state index is -0.774. The van der Waals surface area contributed by atoms with E-state index in [0.29, 0.717) is 42.5 Å². The van der Waals surface area contributed by atoms with Gasteiger partial charge in [0.1, 0.15) is 5.54 Å². The van der Waals surface area contributed by atoms with E-state index in [2.05, 4.69) is 22.3 Å². The number of likely N-dealkylation sites (tertiary alicyclic amines) is 1. The van der Waals surface area contributed by atoms with Crippen LogP contribution in [0.2, 0.25) is 0 Å². The van der Waals surface area contributed by atoms with Crippen LogP contribution in [0.4, 0.5) is 0 Å². The summed E-state index contributed by atoms with van der Waals surface area (Å²) in [4.78, 5) is 26.5. The van der Waals surface area contributed by atoms with Crippen LogP contribution in [0.15, 0.2) is 43.0 Å². The Morgan fingerprint density at radius 1 is 1.55 bits per heavy atom. The lowest BCUT2D eigenvalue weighted by molar-refractivity contribution is -0.123. The summed E-state index contributed by atoms with van der Waals surface area (Å²) < 4.78 is 9.11. The van der Waals surface area contributed by atoms with Crippen LogP contribution in [-0.2, 0) is 4.79 Å². The fourth-order valence-electron chi connectivity index (χ4n) is 3.12. The highest BCUT2D eigenvalue weighted by Crippen LogP contribution is 2.28. The first-order valence-electron chi connectivity index (χ1n) is 7.50. The van der Waals surface area contributed by atoms with Crippen LogP contribution in [0.25, 0.3) is 5.52 Å². The van der Waals surface area contributed by atoms with Gasteiger partial charge in [0.05, 0.1) is 31.0 Å². The predicted octanol–water partition coefficient (Wildman–Crippen LogP) is 0.110. The molecule has 0 bridgehead atoms. The number of aromatic nitrogens is 2. The maximum atomic E-state index is 12.8. The summed E-state index contributed by atoms with van der Waals surface area (Å²) >= 11 is 0. The maximum absolute atomic E-state index is 12.8. The second-order valence-corrected chi connectivity index (χ2v) is 5.63. The zero-order valence-corrected chi connectivity index (χ0v) is 11.8. The number of rotatable bonds is 1. The molecule has 2 aliphatic rings. The van der Waals surface area contributed by atoms with E-state index in [4.69, 9.17) is 1.37 Å². The van der Waals surface area contributed by atoms with Crippen molar-refractivity contribution in [3.05, 3.63) is 48.5 Å². The van der Waals surface area contributed by atoms with Gasteiger partial charge in [-0.15, -0.1) is 0 Å². The van der Waals surface area contributed by atoms with E-state index in [-0.39, 0.29) is 11.8 Å². The molecular weight excluding hydrogens is 282 g/mol. The average Bonchev–Trinajstić information content (AvgIpc) is 3.17. The van der Waals surface area contributed by atoms with Crippen LogP contribution >= 0.6 is 0 Å². The molecule has 4 rings (SSSR count). The second kappa shape index (κ2) is 4.33. The summed E-state index contributed by atoms with van der Waals surface area (Å²) in [6.07, 6.45) is 3.59. The van der Waals surface area contributed by atoms with E-state index in [1.807, 2.05) is 0 Å². The molecule has 1 unspecified atom stereocenters. The monoisotopic (exact) mass is 299 g/mol. The third-order valence-electron chi connectivity index (χ3n) is 4.24. The van der Waals surface area contributed by atoms with E-state index in [0.717, 1.165) is 0 Å². The summed E-state index contributed by atoms with van der Waals surface area (Å²) in [6, 6.07) is 3.65. The first-order valence-corrected chi connectivity index (χ1v) is 7.00. The third-order valence-corrected chi connectivity index (χ3v) is 4.24. The van der Waals surface area contributed by atoms with Crippen molar-refractivity contribution < 1.29 is 11.0 Å². The highest BCUT2D eigenvalue weighted by Gasteiger charge is 2.50. The van der Waals surface area contributed by atoms with Gasteiger partial charge < -0.3 is 15.5 Å². The standard InChI is InChI=1S/C15H15N5O2/c1-10-17-14(22)15(18-10)5-7-19(9-15)13(21)11-8-16-20-6-3-2-4-12(11)20/h2-4,6,8,18H,1,5,7,9H2,(H,17,22)/i3T. The molecule has 112 valence electrons. The Labute approximate surface area is 128 Å². The quantitative estimate of drug-likeness (QED) is 0.783. The van der Waals surface area contributed by atoms with E-state index < -0.39 is 5.54 Å². The molecule has 2 N–H and O–H groups in total. The van der Waals surface area contributed by atoms with Crippen LogP contribution in [0, 0.1) is 0 Å². The molecule has 2 aromatic rings. The number of hydrogen-bond acceptors (Lipinski definition) is 4. The molecule has 22 heavy (non-hydrogen) atoms. The van der Waals surface area contributed by atoms with Gasteiger partial charge in [-0.3, -0.25) is 9.59 Å². The molecule has 0 aromatic carbocycles. The van der Waals surface area contributed by atoms with Crippen molar-refractivity contribution in [2.75, 3.05) is 13.1 Å². The van der Waals surface area contributed by atoms with Crippen LogP contribution in [0.1, 0.15) is 18.1 Å². The average molecular weight is 299 g/mol. The number of nitrogens with one attached hydrogen (secondary N) is 2. The molecule has 2 saturated heterocycles. The topological polar surface area (TPSA) is 78.7 Å². The normalized spacial score (nSPS) is 24.7. The molecule has 1 atom stereocenters. The lowest BCUT2D eigenvalue weighted by Gasteiger charge is -2.21. The third kappa shape index (κ3) is 1.71. The summed E-state index contributed by atoms with van der Waals surface area (Å²) in [7, 11) is 0. The summed E-state index contributed by atoms with van der Waals surface area (Å²) in [5.41, 5.74) is 0.351. The molecule has 0 radical (unpaired) electrons. The van der Waals surface area contributed by atoms with Crippen molar-refractivity contribution in [3.63, 3.8) is 0 Å². The Morgan fingerprint density at radius 2 is 2.41 bits per heavy atom. The number of fused-ring (bicyclic) bond motifs is 1. The Morgan fingerprint density at radius 3 is 3.18 bits per heavy atom. The summed E-state index contributed by atoms with van der Waals surface area (Å²) in [6.45, 7) is 4.50. The molecule has 1 spiro atoms. The molecule has 0 saturated carbocycles. The number of pyridine rings is 1. The Kier molecular flexibility index (Phi) is 2.32. The molecule has 2 amide bonds. The minimum Gasteiger partial charge on any atom is -0.356 e. The molecule has 7 nitrogen and oxygen atoms in total. The maximum Gasteiger partial charge on any atom is 0.257 e. The Balaban J connectivity index is 1.62. The first-order chi connectivity index (χ1) is 11.0. The van der Waals surface area contributed by atoms with Crippen molar-refractivity contribution in [2.24, 2.45) is 0 Å². The van der Waals surface area contributed by atoms with Crippen LogP contribution in [-0.4, -0.2) is 45.0 Å². The molecule has 7 heteroatoms. The van der Waals surface area contributed by atoms with Gasteiger partial charge in [-0.25, -0.2) is 4.52 Å². The van der Waals surface area contributed by atoms with Gasteiger partial charge in [0.25, 0.3) is 11.8 Å². The lowest BCUT2D eigenvalue weighted by Crippen LogP contribution is -2.49. The van der Waals surface area contributed by atoms with Crippen molar-refractivity contribution in [2.45, 2.75) is 12.0 Å². The summed E-state index contributed by atoms with van der Waals surface area (Å²) in [5, 5.41) is 9.85. The molecule has 4 heterocycles. The highest BCUT2D eigenvalue weighted by molar-refractivity contribution is 6.02. The van der Waals surface area contributed by atoms with E-state index in [1.165, 1.54) is 10.7 Å². The Hall–Kier alpha value is -2.83. The van der Waals surface area contributed by atoms with Crippen LogP contribution in [0.3, 0.4) is 0 Å². The van der Waals surface area contributed by atoms with Crippen molar-refractivity contribution in [1.29, 1.82) is 0 Å². The van der Waals surface area contributed by atoms with E-state index in [1.54, 1.807) is 23.2 Å². The van der Waals surface area contributed by atoms with Gasteiger partial charge in [0, 0.05) is 12.7 Å². The zero-order chi connectivity index (χ0) is 16.2. The van der Waals surface area contributed by atoms with E-state index in [9.17, 15) is 9.59 Å². The first kappa shape index (κ1) is 11.8. The number of nitrogens with zero attached hydrogens (tertiary/aromatic N) is 3. The SMILES string of the molecule is [3H]c1ccc2c(C(=O)N3CCC4(C3)NC(=C)NC4=O)cnn2c1. The van der Waals surface area contributed by atoms with Gasteiger partial charge in [0.2, 0.25) is 0 Å². The zero-order valence-electron chi connectivity index (χ0n) is 12.8. The number of carbonyl (C=O) groups is 2. The van der Waals surface area contributed by atoms with Crippen LogP contribution < -0.4 is 10.6 Å². The van der Waals surface area contributed by atoms with Gasteiger partial charge >= 0.3 is 0 Å². The molecule has 2 fully saturated rings. The van der Waals surface area contributed by atoms with E-state index >= 15 is 0 Å². The highest BCUT2D eigenvalue weighted by atomic mass is 16.2. The molecular formula is C15H15N5O2. The number of carbonyl (C=O) groups excluding carboxylic acids is 2. The van der Waals surface area contributed by atoms with Crippen molar-refractivity contribution >= 4 is 17.3 Å².